The summed E-state index contributed by atoms with van der Waals surface area (Å²) in [7, 11) is 0. The fourth-order valence-corrected chi connectivity index (χ4v) is 5.17. The van der Waals surface area contributed by atoms with E-state index in [0.717, 1.165) is 68.1 Å². The topological polar surface area (TPSA) is 131 Å². The minimum atomic E-state index is -1.27. The summed E-state index contributed by atoms with van der Waals surface area (Å²) in [6.45, 7) is 11.5. The van der Waals surface area contributed by atoms with Crippen LogP contribution in [-0.2, 0) is 19.1 Å². The lowest BCUT2D eigenvalue weighted by Crippen LogP contribution is -2.55. The van der Waals surface area contributed by atoms with Crippen molar-refractivity contribution in [1.29, 1.82) is 0 Å². The first-order valence-corrected chi connectivity index (χ1v) is 14.8. The number of benzene rings is 1. The van der Waals surface area contributed by atoms with Gasteiger partial charge in [0, 0.05) is 12.6 Å². The highest BCUT2D eigenvalue weighted by molar-refractivity contribution is 5.94. The first kappa shape index (κ1) is 33.1. The summed E-state index contributed by atoms with van der Waals surface area (Å²) < 4.78 is 5.37. The molecule has 9 heteroatoms. The average Bonchev–Trinajstić information content (AvgIpc) is 2.86. The summed E-state index contributed by atoms with van der Waals surface area (Å²) in [5.74, 6) is -1.53. The van der Waals surface area contributed by atoms with Gasteiger partial charge in [0.1, 0.15) is 17.7 Å². The monoisotopic (exact) mass is 558 g/mol. The second-order valence-corrected chi connectivity index (χ2v) is 12.0. The van der Waals surface area contributed by atoms with E-state index in [2.05, 4.69) is 17.6 Å². The predicted octanol–water partition coefficient (Wildman–Crippen LogP) is 4.97. The van der Waals surface area contributed by atoms with Gasteiger partial charge in [0.25, 0.3) is 0 Å². The predicted molar refractivity (Wildman–Crippen MR) is 156 cm³/mol. The Morgan fingerprint density at radius 2 is 1.73 bits per heavy atom. The maximum Gasteiger partial charge on any atom is 0.408 e. The average molecular weight is 559 g/mol. The van der Waals surface area contributed by atoms with Crippen molar-refractivity contribution in [3.05, 3.63) is 34.9 Å². The van der Waals surface area contributed by atoms with Crippen LogP contribution in [0.1, 0.15) is 115 Å². The Morgan fingerprint density at radius 1 is 1.05 bits per heavy atom. The molecule has 1 aromatic carbocycles. The van der Waals surface area contributed by atoms with E-state index in [0.29, 0.717) is 13.0 Å². The van der Waals surface area contributed by atoms with Gasteiger partial charge in [0.15, 0.2) is 0 Å². The van der Waals surface area contributed by atoms with Crippen LogP contribution in [0.5, 0.6) is 0 Å². The summed E-state index contributed by atoms with van der Waals surface area (Å²) in [6, 6.07) is 3.59. The Kier molecular flexibility index (Phi) is 12.9. The third kappa shape index (κ3) is 10.5. The molecule has 1 saturated carbocycles. The molecule has 40 heavy (non-hydrogen) atoms. The van der Waals surface area contributed by atoms with Gasteiger partial charge in [-0.15, -0.1) is 0 Å². The number of amides is 4. The van der Waals surface area contributed by atoms with Gasteiger partial charge in [-0.25, -0.2) is 4.79 Å². The van der Waals surface area contributed by atoms with E-state index < -0.39 is 42.0 Å². The number of nitrogens with one attached hydrogen (secondary N) is 2. The van der Waals surface area contributed by atoms with E-state index in [1.807, 2.05) is 32.0 Å². The molecule has 0 bridgehead atoms. The summed E-state index contributed by atoms with van der Waals surface area (Å²) in [4.78, 5) is 54.5. The number of ether oxygens (including phenoxy) is 1. The van der Waals surface area contributed by atoms with Crippen LogP contribution in [0.25, 0.3) is 0 Å². The van der Waals surface area contributed by atoms with Gasteiger partial charge in [-0.05, 0) is 70.6 Å². The Morgan fingerprint density at radius 3 is 2.33 bits per heavy atom. The molecule has 1 aliphatic rings. The molecule has 0 heterocycles. The fourth-order valence-electron chi connectivity index (χ4n) is 5.17. The van der Waals surface area contributed by atoms with Crippen molar-refractivity contribution in [2.24, 2.45) is 5.73 Å². The molecule has 2 unspecified atom stereocenters. The van der Waals surface area contributed by atoms with Crippen molar-refractivity contribution >= 4 is 23.8 Å². The highest BCUT2D eigenvalue weighted by Gasteiger charge is 2.38. The Bertz CT molecular complexity index is 1010. The van der Waals surface area contributed by atoms with E-state index in [-0.39, 0.29) is 11.9 Å². The number of primary amides is 1. The highest BCUT2D eigenvalue weighted by atomic mass is 16.6. The van der Waals surface area contributed by atoms with Gasteiger partial charge in [0.2, 0.25) is 17.7 Å². The summed E-state index contributed by atoms with van der Waals surface area (Å²) in [6.07, 6.45) is 7.39. The number of hydrogen-bond acceptors (Lipinski definition) is 5. The molecule has 2 atom stereocenters. The maximum atomic E-state index is 14.2. The smallest absolute Gasteiger partial charge is 0.408 e. The number of unbranched alkanes of at least 4 members (excludes halogenated alkanes) is 3. The Hall–Kier alpha value is -3.10. The van der Waals surface area contributed by atoms with Crippen LogP contribution >= 0.6 is 0 Å². The Labute approximate surface area is 240 Å². The number of carbonyl (C=O) groups excluding carboxylic acids is 4. The molecule has 224 valence electrons. The lowest BCUT2D eigenvalue weighted by Gasteiger charge is -2.36. The number of nitrogens with zero attached hydrogens (tertiary/aromatic N) is 1. The molecule has 4 amide bonds. The zero-order valence-electron chi connectivity index (χ0n) is 25.3. The van der Waals surface area contributed by atoms with Crippen molar-refractivity contribution < 1.29 is 23.9 Å². The van der Waals surface area contributed by atoms with Crippen molar-refractivity contribution in [3.8, 4) is 0 Å². The van der Waals surface area contributed by atoms with Crippen LogP contribution in [0, 0.1) is 13.8 Å². The zero-order chi connectivity index (χ0) is 29.9. The number of nitrogens with two attached hydrogens (primary N) is 1. The lowest BCUT2D eigenvalue weighted by molar-refractivity contribution is -0.143. The van der Waals surface area contributed by atoms with E-state index in [4.69, 9.17) is 10.5 Å². The molecule has 0 radical (unpaired) electrons. The molecule has 1 aromatic rings. The number of rotatable bonds is 13. The highest BCUT2D eigenvalue weighted by Crippen LogP contribution is 2.29. The fraction of sp³-hybridized carbons (Fsp3) is 0.677. The molecule has 9 nitrogen and oxygen atoms in total. The molecule has 1 fully saturated rings. The minimum Gasteiger partial charge on any atom is -0.444 e. The van der Waals surface area contributed by atoms with Crippen molar-refractivity contribution in [1.82, 2.24) is 15.5 Å². The molecule has 2 rings (SSSR count). The molecule has 0 aliphatic heterocycles. The first-order valence-electron chi connectivity index (χ1n) is 14.8. The second kappa shape index (κ2) is 15.6. The summed E-state index contributed by atoms with van der Waals surface area (Å²) >= 11 is 0. The second-order valence-electron chi connectivity index (χ2n) is 12.0. The third-order valence-electron chi connectivity index (χ3n) is 7.38. The number of alkyl carbamates (subject to hydrolysis) is 1. The van der Waals surface area contributed by atoms with Gasteiger partial charge in [0.05, 0.1) is 6.42 Å². The molecular formula is C31H50N4O5. The van der Waals surface area contributed by atoms with Crippen LogP contribution in [0.3, 0.4) is 0 Å². The van der Waals surface area contributed by atoms with Crippen LogP contribution < -0.4 is 16.4 Å². The first-order chi connectivity index (χ1) is 18.8. The lowest BCUT2D eigenvalue weighted by atomic mass is 9.92. The van der Waals surface area contributed by atoms with E-state index in [1.165, 1.54) is 4.90 Å². The van der Waals surface area contributed by atoms with Gasteiger partial charge in [-0.3, -0.25) is 14.4 Å². The molecule has 4 N–H and O–H groups in total. The maximum absolute atomic E-state index is 14.2. The molecular weight excluding hydrogens is 508 g/mol. The van der Waals surface area contributed by atoms with Crippen LogP contribution in [-0.4, -0.2) is 52.9 Å². The van der Waals surface area contributed by atoms with Gasteiger partial charge in [-0.2, -0.15) is 0 Å². The number of carbonyl (C=O) groups is 4. The van der Waals surface area contributed by atoms with E-state index >= 15 is 0 Å². The molecule has 0 saturated heterocycles. The minimum absolute atomic E-state index is 0.0483. The molecule has 1 aliphatic carbocycles. The number of aryl methyl sites for hydroxylation is 1. The standard InChI is InChI=1S/C31H50N4O5/c1-7-8-9-13-19-35(29(38)25(20-26(32)36)34-30(39)40-31(4,5)6)27(24-18-14-15-21(2)22(24)3)28(37)33-23-16-11-10-12-17-23/h14-15,18,23,25,27H,7-13,16-17,19-20H2,1-6H3,(H2,32,36)(H,33,37)(H,34,39). The van der Waals surface area contributed by atoms with Crippen LogP contribution in [0.15, 0.2) is 18.2 Å². The van der Waals surface area contributed by atoms with Gasteiger partial charge < -0.3 is 26.0 Å². The summed E-state index contributed by atoms with van der Waals surface area (Å²) in [5, 5.41) is 5.77. The molecule has 0 aromatic heterocycles. The third-order valence-corrected chi connectivity index (χ3v) is 7.38. The van der Waals surface area contributed by atoms with Crippen molar-refractivity contribution in [2.45, 2.75) is 129 Å². The zero-order valence-corrected chi connectivity index (χ0v) is 25.3. The van der Waals surface area contributed by atoms with Gasteiger partial charge in [-0.1, -0.05) is 63.6 Å². The Balaban J connectivity index is 2.53. The summed E-state index contributed by atoms with van der Waals surface area (Å²) in [5.41, 5.74) is 7.36. The van der Waals surface area contributed by atoms with Crippen LogP contribution in [0.2, 0.25) is 0 Å². The van der Waals surface area contributed by atoms with Crippen LogP contribution in [0.4, 0.5) is 4.79 Å². The largest absolute Gasteiger partial charge is 0.444 e. The van der Waals surface area contributed by atoms with Crippen molar-refractivity contribution in [3.63, 3.8) is 0 Å². The SMILES string of the molecule is CCCCCCN(C(=O)C(CC(N)=O)NC(=O)OC(C)(C)C)C(C(=O)NC1CCCCC1)c1cccc(C)c1C. The quantitative estimate of drug-likeness (QED) is 0.294. The van der Waals surface area contributed by atoms with Crippen molar-refractivity contribution in [2.75, 3.05) is 6.54 Å². The normalized spacial score (nSPS) is 15.6. The van der Waals surface area contributed by atoms with E-state index in [1.54, 1.807) is 20.8 Å². The molecule has 0 spiro atoms. The number of hydrogen-bond donors (Lipinski definition) is 3. The van der Waals surface area contributed by atoms with Gasteiger partial charge >= 0.3 is 6.09 Å². The van der Waals surface area contributed by atoms with E-state index in [9.17, 15) is 19.2 Å².